The molecule has 3 unspecified atom stereocenters. The van der Waals surface area contributed by atoms with Crippen LogP contribution in [0.5, 0.6) is 0 Å². The molecule has 3 fully saturated rings. The first-order valence-electron chi connectivity index (χ1n) is 27.0. The first kappa shape index (κ1) is 53.0. The summed E-state index contributed by atoms with van der Waals surface area (Å²) in [5, 5.41) is 2.37. The number of aromatic nitrogens is 9. The Morgan fingerprint density at radius 1 is 0.380 bits per heavy atom. The molecule has 0 spiro atoms. The molecule has 6 aromatic heterocycles. The fourth-order valence-electron chi connectivity index (χ4n) is 13.0. The van der Waals surface area contributed by atoms with E-state index in [1.54, 1.807) is 60.9 Å². The molecular weight excluding hydrogens is 1090 g/mol. The van der Waals surface area contributed by atoms with Crippen LogP contribution in [-0.2, 0) is 0 Å². The molecule has 6 aliphatic rings. The van der Waals surface area contributed by atoms with Gasteiger partial charge in [-0.25, -0.2) is 43.1 Å². The molecular formula is C61H56Cl4F3N11. The van der Waals surface area contributed by atoms with Gasteiger partial charge in [-0.2, -0.15) is 0 Å². The number of imidazole rings is 3. The van der Waals surface area contributed by atoms with Gasteiger partial charge in [0.1, 0.15) is 34.2 Å². The highest BCUT2D eigenvalue weighted by Gasteiger charge is 2.41. The Kier molecular flexibility index (Phi) is 15.5. The number of anilines is 2. The molecule has 404 valence electrons. The second-order valence-corrected chi connectivity index (χ2v) is 22.7. The normalized spacial score (nSPS) is 19.1. The second-order valence-electron chi connectivity index (χ2n) is 21.0. The first-order chi connectivity index (χ1) is 38.6. The lowest BCUT2D eigenvalue weighted by Crippen LogP contribution is -2.37. The highest BCUT2D eigenvalue weighted by Crippen LogP contribution is 2.50. The Morgan fingerprint density at radius 2 is 0.734 bits per heavy atom. The zero-order valence-corrected chi connectivity index (χ0v) is 46.1. The number of rotatable bonds is 5. The Bertz CT molecular complexity index is 3370. The van der Waals surface area contributed by atoms with Crippen molar-refractivity contribution < 1.29 is 13.2 Å². The van der Waals surface area contributed by atoms with Gasteiger partial charge in [0.05, 0.1) is 87.8 Å². The molecule has 11 heterocycles. The summed E-state index contributed by atoms with van der Waals surface area (Å²) >= 11 is 22.8. The SMILES string of the molecule is Clc1ccc(Cl)nc1.Fc1cccc2c1C(C1CCCCC1)n1cncc1-2.Fc1cccc2c1C(C1CCN(c3ccc(Cl)cn3)CC1)n1cncc1-2.Fc1cccc2c1C(C1CCN(c3ccc(Cl)cn3)CC1)n1cncc1-2. The van der Waals surface area contributed by atoms with Crippen LogP contribution in [0.25, 0.3) is 33.8 Å². The van der Waals surface area contributed by atoms with Crippen molar-refractivity contribution in [2.75, 3.05) is 36.0 Å². The number of halogens is 7. The van der Waals surface area contributed by atoms with Gasteiger partial charge in [0.2, 0.25) is 0 Å². The van der Waals surface area contributed by atoms with Crippen LogP contribution in [0.2, 0.25) is 20.2 Å². The molecule has 11 nitrogen and oxygen atoms in total. The second kappa shape index (κ2) is 23.2. The van der Waals surface area contributed by atoms with Gasteiger partial charge in [-0.1, -0.05) is 102 Å². The van der Waals surface area contributed by atoms with E-state index in [4.69, 9.17) is 46.4 Å². The molecule has 2 saturated heterocycles. The number of pyridine rings is 3. The van der Waals surface area contributed by atoms with E-state index in [9.17, 15) is 13.2 Å². The highest BCUT2D eigenvalue weighted by molar-refractivity contribution is 6.32. The van der Waals surface area contributed by atoms with Crippen LogP contribution in [0.15, 0.2) is 147 Å². The number of fused-ring (bicyclic) bond motifs is 9. The molecule has 79 heavy (non-hydrogen) atoms. The summed E-state index contributed by atoms with van der Waals surface area (Å²) in [7, 11) is 0. The van der Waals surface area contributed by atoms with E-state index >= 15 is 0 Å². The molecule has 15 rings (SSSR count). The van der Waals surface area contributed by atoms with Gasteiger partial charge in [0, 0.05) is 78.2 Å². The molecule has 3 atom stereocenters. The van der Waals surface area contributed by atoms with E-state index in [0.29, 0.717) is 38.0 Å². The van der Waals surface area contributed by atoms with Gasteiger partial charge in [0.15, 0.2) is 0 Å². The van der Waals surface area contributed by atoms with Crippen molar-refractivity contribution in [3.63, 3.8) is 0 Å². The third-order valence-corrected chi connectivity index (χ3v) is 17.5. The number of hydrogen-bond acceptors (Lipinski definition) is 8. The summed E-state index contributed by atoms with van der Waals surface area (Å²) in [4.78, 5) is 30.0. The molecule has 5 aliphatic heterocycles. The van der Waals surface area contributed by atoms with Crippen LogP contribution in [0.4, 0.5) is 24.8 Å². The highest BCUT2D eigenvalue weighted by atomic mass is 35.5. The molecule has 9 aromatic rings. The quantitative estimate of drug-likeness (QED) is 0.157. The van der Waals surface area contributed by atoms with Crippen molar-refractivity contribution >= 4 is 58.0 Å². The lowest BCUT2D eigenvalue weighted by molar-refractivity contribution is 0.281. The smallest absolute Gasteiger partial charge is 0.129 e. The van der Waals surface area contributed by atoms with Crippen LogP contribution in [0, 0.1) is 35.2 Å². The number of benzene rings is 3. The van der Waals surface area contributed by atoms with Gasteiger partial charge in [-0.05, 0) is 111 Å². The lowest BCUT2D eigenvalue weighted by atomic mass is 9.81. The van der Waals surface area contributed by atoms with Crippen molar-refractivity contribution in [2.24, 2.45) is 17.8 Å². The Balaban J connectivity index is 0.000000112. The van der Waals surface area contributed by atoms with Crippen LogP contribution in [-0.4, -0.2) is 69.8 Å². The summed E-state index contributed by atoms with van der Waals surface area (Å²) in [5.74, 6) is 2.94. The van der Waals surface area contributed by atoms with Crippen LogP contribution in [0.3, 0.4) is 0 Å². The number of nitrogens with zero attached hydrogens (tertiary/aromatic N) is 11. The van der Waals surface area contributed by atoms with Crippen LogP contribution in [0.1, 0.15) is 92.6 Å². The minimum absolute atomic E-state index is 0.0315. The van der Waals surface area contributed by atoms with Gasteiger partial charge in [-0.15, -0.1) is 0 Å². The van der Waals surface area contributed by atoms with Crippen molar-refractivity contribution in [1.29, 1.82) is 0 Å². The topological polar surface area (TPSA) is 98.6 Å². The first-order valence-corrected chi connectivity index (χ1v) is 28.5. The number of piperidine rings is 2. The molecule has 0 radical (unpaired) electrons. The zero-order chi connectivity index (χ0) is 54.1. The third kappa shape index (κ3) is 10.6. The van der Waals surface area contributed by atoms with E-state index in [1.807, 2.05) is 80.0 Å². The predicted octanol–water partition coefficient (Wildman–Crippen LogP) is 15.7. The summed E-state index contributed by atoms with van der Waals surface area (Å²) in [6.45, 7) is 3.63. The van der Waals surface area contributed by atoms with Crippen molar-refractivity contribution in [1.82, 2.24) is 43.6 Å². The molecule has 18 heteroatoms. The molecule has 1 aliphatic carbocycles. The molecule has 0 bridgehead atoms. The van der Waals surface area contributed by atoms with Crippen LogP contribution < -0.4 is 9.80 Å². The van der Waals surface area contributed by atoms with E-state index in [1.165, 1.54) is 38.3 Å². The molecule has 1 saturated carbocycles. The van der Waals surface area contributed by atoms with Gasteiger partial charge >= 0.3 is 0 Å². The van der Waals surface area contributed by atoms with E-state index < -0.39 is 0 Å². The van der Waals surface area contributed by atoms with Crippen molar-refractivity contribution in [3.05, 3.63) is 202 Å². The summed E-state index contributed by atoms with van der Waals surface area (Å²) < 4.78 is 50.1. The maximum Gasteiger partial charge on any atom is 0.129 e. The van der Waals surface area contributed by atoms with Gasteiger partial charge in [-0.3, -0.25) is 0 Å². The third-order valence-electron chi connectivity index (χ3n) is 16.6. The maximum absolute atomic E-state index is 14.7. The summed E-state index contributed by atoms with van der Waals surface area (Å²) in [5.41, 5.74) is 8.66. The lowest BCUT2D eigenvalue weighted by Gasteiger charge is -2.36. The zero-order valence-electron chi connectivity index (χ0n) is 43.1. The minimum Gasteiger partial charge on any atom is -0.357 e. The van der Waals surface area contributed by atoms with Crippen molar-refractivity contribution in [2.45, 2.75) is 75.9 Å². The Labute approximate surface area is 477 Å². The monoisotopic (exact) mass is 1140 g/mol. The number of hydrogen-bond donors (Lipinski definition) is 0. The van der Waals surface area contributed by atoms with E-state index in [0.717, 1.165) is 114 Å². The molecule has 0 N–H and O–H groups in total. The summed E-state index contributed by atoms with van der Waals surface area (Å²) in [6, 6.07) is 27.3. The Hall–Kier alpha value is -6.71. The van der Waals surface area contributed by atoms with E-state index in [-0.39, 0.29) is 35.6 Å². The fourth-order valence-corrected chi connectivity index (χ4v) is 13.4. The average Bonchev–Trinajstić information content (AvgIpc) is 4.53. The predicted molar refractivity (Wildman–Crippen MR) is 306 cm³/mol. The molecule has 0 amide bonds. The van der Waals surface area contributed by atoms with Gasteiger partial charge in [0.25, 0.3) is 0 Å². The largest absolute Gasteiger partial charge is 0.357 e. The summed E-state index contributed by atoms with van der Waals surface area (Å²) in [6.07, 6.45) is 26.2. The fraction of sp³-hybridized carbons (Fsp3) is 0.311. The standard InChI is InChI=1S/2C20H18ClFN4.C16H17FN2.C5H3Cl2N/c2*21-14-4-5-18(24-10-14)25-8-6-13(7-9-25)20-19-15(2-1-3-16(19)22)17-11-23-12-26(17)20;17-13-8-4-7-12-14-9-18-10-19(14)16(15(12)13)11-5-2-1-3-6-11;6-4-1-2-5(7)8-3-4/h2*1-5,10-13,20H,6-9H2;4,7-11,16H,1-3,5-6H2;1-3H. The van der Waals surface area contributed by atoms with Gasteiger partial charge < -0.3 is 23.5 Å². The maximum atomic E-state index is 14.7. The minimum atomic E-state index is -0.113. The average molecular weight is 1140 g/mol. The van der Waals surface area contributed by atoms with Crippen molar-refractivity contribution in [3.8, 4) is 33.8 Å². The van der Waals surface area contributed by atoms with Crippen LogP contribution >= 0.6 is 46.4 Å². The van der Waals surface area contributed by atoms with E-state index in [2.05, 4.69) is 53.4 Å². The molecule has 3 aromatic carbocycles. The Morgan fingerprint density at radius 3 is 1.06 bits per heavy atom.